The molecule has 4 aliphatic rings. The summed E-state index contributed by atoms with van der Waals surface area (Å²) in [5.74, 6) is 0.742. The molecule has 4 nitrogen and oxygen atoms in total. The Bertz CT molecular complexity index is 449. The number of likely N-dealkylation sites (tertiary alicyclic amines) is 2. The van der Waals surface area contributed by atoms with Crippen LogP contribution in [0.4, 0.5) is 0 Å². The number of hydrogen-bond donors (Lipinski definition) is 0. The molecule has 2 spiro atoms. The van der Waals surface area contributed by atoms with Crippen LogP contribution in [0.5, 0.6) is 0 Å². The highest BCUT2D eigenvalue weighted by Crippen LogP contribution is 2.43. The second-order valence-corrected chi connectivity index (χ2v) is 9.68. The van der Waals surface area contributed by atoms with Gasteiger partial charge in [0.2, 0.25) is 0 Å². The summed E-state index contributed by atoms with van der Waals surface area (Å²) in [4.78, 5) is 5.21. The second kappa shape index (κ2) is 5.42. The molecule has 0 radical (unpaired) electrons. The van der Waals surface area contributed by atoms with E-state index in [-0.39, 0.29) is 16.7 Å². The van der Waals surface area contributed by atoms with Crippen molar-refractivity contribution in [2.75, 3.05) is 39.4 Å². The van der Waals surface area contributed by atoms with Crippen LogP contribution in [0.1, 0.15) is 53.4 Å². The molecule has 0 amide bonds. The summed E-state index contributed by atoms with van der Waals surface area (Å²) in [6, 6.07) is 0.668. The van der Waals surface area contributed by atoms with Gasteiger partial charge in [-0.2, -0.15) is 0 Å². The Morgan fingerprint density at radius 1 is 1.09 bits per heavy atom. The minimum absolute atomic E-state index is 0.182. The number of ether oxygens (including phenoxy) is 2. The second-order valence-electron chi connectivity index (χ2n) is 9.68. The van der Waals surface area contributed by atoms with Gasteiger partial charge in [0.1, 0.15) is 0 Å². The van der Waals surface area contributed by atoms with Crippen LogP contribution in [-0.2, 0) is 9.47 Å². The molecule has 23 heavy (non-hydrogen) atoms. The van der Waals surface area contributed by atoms with E-state index in [0.717, 1.165) is 38.8 Å². The predicted octanol–water partition coefficient (Wildman–Crippen LogP) is 2.52. The average Bonchev–Trinajstić information content (AvgIpc) is 2.99. The molecule has 0 aliphatic carbocycles. The van der Waals surface area contributed by atoms with E-state index in [1.807, 2.05) is 0 Å². The summed E-state index contributed by atoms with van der Waals surface area (Å²) in [7, 11) is 0. The van der Waals surface area contributed by atoms with Crippen LogP contribution in [0.2, 0.25) is 0 Å². The van der Waals surface area contributed by atoms with Crippen LogP contribution < -0.4 is 0 Å². The predicted molar refractivity (Wildman–Crippen MR) is 91.7 cm³/mol. The van der Waals surface area contributed by atoms with E-state index in [4.69, 9.17) is 9.47 Å². The zero-order valence-electron chi connectivity index (χ0n) is 15.4. The summed E-state index contributed by atoms with van der Waals surface area (Å²) in [6.07, 6.45) is 5.06. The molecule has 0 saturated carbocycles. The van der Waals surface area contributed by atoms with Gasteiger partial charge in [-0.15, -0.1) is 0 Å². The molecule has 4 heteroatoms. The van der Waals surface area contributed by atoms with Crippen molar-refractivity contribution >= 4 is 0 Å². The van der Waals surface area contributed by atoms with Crippen molar-refractivity contribution in [2.45, 2.75) is 76.2 Å². The van der Waals surface area contributed by atoms with Gasteiger partial charge < -0.3 is 9.47 Å². The Morgan fingerprint density at radius 3 is 2.39 bits per heavy atom. The highest BCUT2D eigenvalue weighted by molar-refractivity contribution is 5.06. The third kappa shape index (κ3) is 2.97. The Balaban J connectivity index is 1.25. The fourth-order valence-electron chi connectivity index (χ4n) is 5.03. The zero-order valence-corrected chi connectivity index (χ0v) is 15.4. The first-order chi connectivity index (χ1) is 10.8. The monoisotopic (exact) mass is 322 g/mol. The van der Waals surface area contributed by atoms with Crippen molar-refractivity contribution in [1.82, 2.24) is 9.80 Å². The third-order valence-electron chi connectivity index (χ3n) is 6.80. The van der Waals surface area contributed by atoms with Crippen LogP contribution in [0.15, 0.2) is 0 Å². The van der Waals surface area contributed by atoms with Gasteiger partial charge >= 0.3 is 0 Å². The smallest absolute Gasteiger partial charge is 0.0938 e. The van der Waals surface area contributed by atoms with Gasteiger partial charge in [0, 0.05) is 44.2 Å². The number of hydrogen-bond acceptors (Lipinski definition) is 4. The molecule has 4 fully saturated rings. The van der Waals surface area contributed by atoms with E-state index in [0.29, 0.717) is 6.04 Å². The molecular formula is C19H34N2O2. The van der Waals surface area contributed by atoms with Crippen LogP contribution in [0, 0.1) is 5.92 Å². The normalized spacial score (nSPS) is 38.9. The molecule has 132 valence electrons. The summed E-state index contributed by atoms with van der Waals surface area (Å²) < 4.78 is 12.1. The highest BCUT2D eigenvalue weighted by atomic mass is 16.5. The lowest BCUT2D eigenvalue weighted by molar-refractivity contribution is -0.140. The first-order valence-corrected chi connectivity index (χ1v) is 9.56. The standard InChI is InChI=1S/C19H34N2O2/c1-15(20-7-5-18(12-20)6-8-22-18)9-16-10-19(23-11-16)13-21(14-19)17(2,3)4/h15-16H,5-14H2,1-4H3. The molecule has 0 bridgehead atoms. The summed E-state index contributed by atoms with van der Waals surface area (Å²) in [5.41, 5.74) is 0.705. The lowest BCUT2D eigenvalue weighted by atomic mass is 9.82. The van der Waals surface area contributed by atoms with E-state index >= 15 is 0 Å². The van der Waals surface area contributed by atoms with Crippen molar-refractivity contribution in [2.24, 2.45) is 5.92 Å². The zero-order chi connectivity index (χ0) is 16.3. The maximum Gasteiger partial charge on any atom is 0.0938 e. The lowest BCUT2D eigenvalue weighted by Gasteiger charge is -2.53. The van der Waals surface area contributed by atoms with E-state index in [1.165, 1.54) is 32.2 Å². The van der Waals surface area contributed by atoms with Gasteiger partial charge in [0.25, 0.3) is 0 Å². The van der Waals surface area contributed by atoms with Crippen molar-refractivity contribution in [1.29, 1.82) is 0 Å². The van der Waals surface area contributed by atoms with E-state index in [9.17, 15) is 0 Å². The van der Waals surface area contributed by atoms with Gasteiger partial charge in [0.15, 0.2) is 0 Å². The van der Waals surface area contributed by atoms with Crippen molar-refractivity contribution < 1.29 is 9.47 Å². The SMILES string of the molecule is CC(CC1COC2(C1)CN(C(C)(C)C)C2)N1CCC2(CCO2)C1. The first-order valence-electron chi connectivity index (χ1n) is 9.56. The topological polar surface area (TPSA) is 24.9 Å². The third-order valence-corrected chi connectivity index (χ3v) is 6.80. The molecule has 4 heterocycles. The van der Waals surface area contributed by atoms with Gasteiger partial charge in [0.05, 0.1) is 24.4 Å². The van der Waals surface area contributed by atoms with E-state index in [1.54, 1.807) is 0 Å². The van der Waals surface area contributed by atoms with Crippen molar-refractivity contribution in [3.8, 4) is 0 Å². The van der Waals surface area contributed by atoms with Crippen molar-refractivity contribution in [3.63, 3.8) is 0 Å². The molecule has 4 aliphatic heterocycles. The first kappa shape index (κ1) is 16.3. The number of rotatable bonds is 3. The lowest BCUT2D eigenvalue weighted by Crippen LogP contribution is -2.66. The molecular weight excluding hydrogens is 288 g/mol. The van der Waals surface area contributed by atoms with Crippen molar-refractivity contribution in [3.05, 3.63) is 0 Å². The van der Waals surface area contributed by atoms with E-state index in [2.05, 4.69) is 37.5 Å². The average molecular weight is 322 g/mol. The minimum atomic E-state index is 0.182. The van der Waals surface area contributed by atoms with Gasteiger partial charge in [-0.05, 0) is 52.9 Å². The Morgan fingerprint density at radius 2 is 1.83 bits per heavy atom. The van der Waals surface area contributed by atoms with Crippen LogP contribution >= 0.6 is 0 Å². The maximum absolute atomic E-state index is 6.27. The van der Waals surface area contributed by atoms with Gasteiger partial charge in [-0.25, -0.2) is 0 Å². The maximum atomic E-state index is 6.27. The quantitative estimate of drug-likeness (QED) is 0.797. The Labute approximate surface area is 141 Å². The van der Waals surface area contributed by atoms with Gasteiger partial charge in [-0.3, -0.25) is 9.80 Å². The molecule has 0 N–H and O–H groups in total. The molecule has 0 aromatic rings. The van der Waals surface area contributed by atoms with Crippen LogP contribution in [0.25, 0.3) is 0 Å². The molecule has 3 unspecified atom stereocenters. The summed E-state index contributed by atoms with van der Waals surface area (Å²) in [6.45, 7) is 15.9. The molecule has 4 saturated heterocycles. The molecule has 4 rings (SSSR count). The summed E-state index contributed by atoms with van der Waals surface area (Å²) >= 11 is 0. The molecule has 0 aromatic heterocycles. The largest absolute Gasteiger partial charge is 0.373 e. The van der Waals surface area contributed by atoms with Crippen LogP contribution in [0.3, 0.4) is 0 Å². The molecule has 3 atom stereocenters. The fraction of sp³-hybridized carbons (Fsp3) is 1.00. The minimum Gasteiger partial charge on any atom is -0.373 e. The van der Waals surface area contributed by atoms with Gasteiger partial charge in [-0.1, -0.05) is 0 Å². The highest BCUT2D eigenvalue weighted by Gasteiger charge is 2.52. The summed E-state index contributed by atoms with van der Waals surface area (Å²) in [5, 5.41) is 0. The Kier molecular flexibility index (Phi) is 3.84. The number of nitrogens with zero attached hydrogens (tertiary/aromatic N) is 2. The fourth-order valence-corrected chi connectivity index (χ4v) is 5.03. The molecule has 0 aromatic carbocycles. The Hall–Kier alpha value is -0.160. The van der Waals surface area contributed by atoms with Crippen LogP contribution in [-0.4, -0.2) is 72.0 Å². The van der Waals surface area contributed by atoms with E-state index < -0.39 is 0 Å².